The molecule has 0 N–H and O–H groups in total. The second-order valence-electron chi connectivity index (χ2n) is 7.74. The summed E-state index contributed by atoms with van der Waals surface area (Å²) < 4.78 is 1.90. The molecule has 0 unspecified atom stereocenters. The van der Waals surface area contributed by atoms with Crippen LogP contribution in [0.15, 0.2) is 36.0 Å². The largest absolute Gasteiger partial charge is 0.341 e. The van der Waals surface area contributed by atoms with E-state index < -0.39 is 11.8 Å². The van der Waals surface area contributed by atoms with Gasteiger partial charge in [0.1, 0.15) is 12.1 Å². The van der Waals surface area contributed by atoms with E-state index in [4.69, 9.17) is 12.2 Å². The first-order valence-electron chi connectivity index (χ1n) is 10.1. The number of hydrogen-bond acceptors (Lipinski definition) is 4. The Morgan fingerprint density at radius 3 is 2.33 bits per heavy atom. The van der Waals surface area contributed by atoms with Crippen LogP contribution >= 0.6 is 12.2 Å². The topological polar surface area (TPSA) is 65.9 Å². The highest BCUT2D eigenvalue weighted by atomic mass is 32.1. The van der Waals surface area contributed by atoms with Crippen LogP contribution in [0.25, 0.3) is 17.0 Å². The lowest BCUT2D eigenvalue weighted by molar-refractivity contribution is -0.133. The summed E-state index contributed by atoms with van der Waals surface area (Å²) in [4.78, 5) is 42.6. The Labute approximate surface area is 180 Å². The molecule has 0 aliphatic carbocycles. The van der Waals surface area contributed by atoms with Crippen molar-refractivity contribution < 1.29 is 14.4 Å². The molecule has 1 aromatic carbocycles. The highest BCUT2D eigenvalue weighted by Crippen LogP contribution is 2.26. The summed E-state index contributed by atoms with van der Waals surface area (Å²) in [6, 6.07) is 7.69. The van der Waals surface area contributed by atoms with E-state index in [0.29, 0.717) is 0 Å². The molecule has 3 amide bonds. The molecule has 2 aliphatic heterocycles. The number of likely N-dealkylation sites (tertiary alicyclic amines) is 1. The molecule has 0 radical (unpaired) electrons. The monoisotopic (exact) mass is 424 g/mol. The minimum Gasteiger partial charge on any atom is -0.341 e. The smallest absolute Gasteiger partial charge is 0.265 e. The van der Waals surface area contributed by atoms with Crippen molar-refractivity contribution in [1.82, 2.24) is 19.3 Å². The lowest BCUT2D eigenvalue weighted by Crippen LogP contribution is -2.52. The fourth-order valence-corrected chi connectivity index (χ4v) is 4.21. The number of thiocarbonyl (C=S) groups is 1. The average Bonchev–Trinajstić information content (AvgIpc) is 3.12. The second-order valence-corrected chi connectivity index (χ2v) is 8.11. The van der Waals surface area contributed by atoms with Crippen LogP contribution in [0.4, 0.5) is 0 Å². The first-order valence-corrected chi connectivity index (χ1v) is 10.5. The van der Waals surface area contributed by atoms with Gasteiger partial charge in [-0.15, -0.1) is 0 Å². The molecule has 30 heavy (non-hydrogen) atoms. The van der Waals surface area contributed by atoms with Crippen LogP contribution < -0.4 is 0 Å². The molecule has 1 aromatic heterocycles. The number of nitrogens with zero attached hydrogens (tertiary/aromatic N) is 4. The van der Waals surface area contributed by atoms with E-state index in [0.717, 1.165) is 42.4 Å². The number of carbonyl (C=O) groups is 3. The normalized spacial score (nSPS) is 17.9. The third-order valence-electron chi connectivity index (χ3n) is 5.78. The fourth-order valence-electron chi connectivity index (χ4n) is 4.04. The summed E-state index contributed by atoms with van der Waals surface area (Å²) >= 11 is 5.15. The molecule has 0 spiro atoms. The second kappa shape index (κ2) is 8.02. The Kier molecular flexibility index (Phi) is 5.42. The van der Waals surface area contributed by atoms with Gasteiger partial charge in [0.05, 0.1) is 0 Å². The number of para-hydroxylation sites is 1. The van der Waals surface area contributed by atoms with Crippen LogP contribution in [0.2, 0.25) is 0 Å². The Morgan fingerprint density at radius 2 is 1.67 bits per heavy atom. The van der Waals surface area contributed by atoms with Crippen LogP contribution in [0, 0.1) is 0 Å². The number of likely N-dealkylation sites (N-methyl/N-ethyl adjacent to an activating group) is 2. The standard InChI is InChI=1S/C22H24N4O3S/c1-23-20(28)17(21(29)24(2)22(23)30)12-15-13-26(18-9-5-4-8-16(15)18)14-19(27)25-10-6-3-7-11-25/h4-5,8-9,12-13H,3,6-7,10-11,14H2,1-2H3. The zero-order chi connectivity index (χ0) is 21.4. The zero-order valence-electron chi connectivity index (χ0n) is 17.1. The van der Waals surface area contributed by atoms with E-state index in [1.54, 1.807) is 20.2 Å². The number of piperidine rings is 1. The predicted octanol–water partition coefficient (Wildman–Crippen LogP) is 2.25. The zero-order valence-corrected chi connectivity index (χ0v) is 17.9. The van der Waals surface area contributed by atoms with Gasteiger partial charge < -0.3 is 9.47 Å². The third kappa shape index (κ3) is 3.52. The SMILES string of the molecule is CN1C(=O)C(=Cc2cn(CC(=O)N3CCCCC3)c3ccccc23)C(=O)N(C)C1=S. The van der Waals surface area contributed by atoms with E-state index in [2.05, 4.69) is 0 Å². The van der Waals surface area contributed by atoms with Crippen molar-refractivity contribution in [3.8, 4) is 0 Å². The maximum absolute atomic E-state index is 12.8. The van der Waals surface area contributed by atoms with Crippen LogP contribution in [0.5, 0.6) is 0 Å². The minimum absolute atomic E-state index is 0.0545. The molecule has 0 atom stereocenters. The van der Waals surface area contributed by atoms with E-state index in [1.165, 1.54) is 16.2 Å². The molecule has 3 heterocycles. The lowest BCUT2D eigenvalue weighted by Gasteiger charge is -2.31. The summed E-state index contributed by atoms with van der Waals surface area (Å²) in [5.74, 6) is -0.766. The Hall–Kier alpha value is -3.00. The van der Waals surface area contributed by atoms with Crippen molar-refractivity contribution >= 4 is 52.0 Å². The van der Waals surface area contributed by atoms with Gasteiger partial charge in [0.2, 0.25) is 5.91 Å². The molecule has 0 bridgehead atoms. The molecular weight excluding hydrogens is 400 g/mol. The Bertz CT molecular complexity index is 1060. The summed E-state index contributed by atoms with van der Waals surface area (Å²) in [6.07, 6.45) is 6.70. The van der Waals surface area contributed by atoms with Crippen molar-refractivity contribution in [3.05, 3.63) is 41.6 Å². The summed E-state index contributed by atoms with van der Waals surface area (Å²) in [7, 11) is 3.12. The van der Waals surface area contributed by atoms with Crippen molar-refractivity contribution in [2.45, 2.75) is 25.8 Å². The Balaban J connectivity index is 1.71. The maximum Gasteiger partial charge on any atom is 0.265 e. The van der Waals surface area contributed by atoms with Crippen molar-refractivity contribution in [1.29, 1.82) is 0 Å². The Morgan fingerprint density at radius 1 is 1.03 bits per heavy atom. The third-order valence-corrected chi connectivity index (χ3v) is 6.33. The fraction of sp³-hybridized carbons (Fsp3) is 0.364. The quantitative estimate of drug-likeness (QED) is 0.431. The molecule has 2 aliphatic rings. The van der Waals surface area contributed by atoms with Gasteiger partial charge in [-0.3, -0.25) is 24.2 Å². The first-order chi connectivity index (χ1) is 14.4. The van der Waals surface area contributed by atoms with Crippen LogP contribution in [-0.4, -0.2) is 69.3 Å². The predicted molar refractivity (Wildman–Crippen MR) is 118 cm³/mol. The number of rotatable bonds is 3. The van der Waals surface area contributed by atoms with Crippen LogP contribution in [0.1, 0.15) is 24.8 Å². The number of carbonyl (C=O) groups excluding carboxylic acids is 3. The molecular formula is C22H24N4O3S. The summed E-state index contributed by atoms with van der Waals surface area (Å²) in [5, 5.41) is 1.06. The summed E-state index contributed by atoms with van der Waals surface area (Å²) in [6.45, 7) is 1.84. The van der Waals surface area contributed by atoms with Crippen LogP contribution in [-0.2, 0) is 20.9 Å². The van der Waals surface area contributed by atoms with E-state index in [-0.39, 0.29) is 23.1 Å². The van der Waals surface area contributed by atoms with E-state index in [9.17, 15) is 14.4 Å². The van der Waals surface area contributed by atoms with Gasteiger partial charge >= 0.3 is 0 Å². The number of aromatic nitrogens is 1. The van der Waals surface area contributed by atoms with Crippen molar-refractivity contribution in [3.63, 3.8) is 0 Å². The molecule has 8 heteroatoms. The molecule has 0 saturated carbocycles. The highest BCUT2D eigenvalue weighted by molar-refractivity contribution is 7.80. The average molecular weight is 425 g/mol. The minimum atomic E-state index is -0.427. The molecule has 2 saturated heterocycles. The number of fused-ring (bicyclic) bond motifs is 1. The number of amides is 3. The number of hydrogen-bond donors (Lipinski definition) is 0. The molecule has 2 aromatic rings. The molecule has 156 valence electrons. The van der Waals surface area contributed by atoms with Gasteiger partial charge in [-0.05, 0) is 43.6 Å². The lowest BCUT2D eigenvalue weighted by atomic mass is 10.1. The highest BCUT2D eigenvalue weighted by Gasteiger charge is 2.35. The van der Waals surface area contributed by atoms with Gasteiger partial charge in [0, 0.05) is 49.8 Å². The molecule has 4 rings (SSSR count). The van der Waals surface area contributed by atoms with Gasteiger partial charge in [-0.2, -0.15) is 0 Å². The molecule has 7 nitrogen and oxygen atoms in total. The maximum atomic E-state index is 12.8. The molecule has 2 fully saturated rings. The van der Waals surface area contributed by atoms with Crippen molar-refractivity contribution in [2.75, 3.05) is 27.2 Å². The van der Waals surface area contributed by atoms with Gasteiger partial charge in [-0.1, -0.05) is 18.2 Å². The summed E-state index contributed by atoms with van der Waals surface area (Å²) in [5.41, 5.74) is 1.67. The van der Waals surface area contributed by atoms with Crippen molar-refractivity contribution in [2.24, 2.45) is 0 Å². The first kappa shape index (κ1) is 20.3. The van der Waals surface area contributed by atoms with Gasteiger partial charge in [-0.25, -0.2) is 0 Å². The van der Waals surface area contributed by atoms with Gasteiger partial charge in [0.25, 0.3) is 11.8 Å². The van der Waals surface area contributed by atoms with Gasteiger partial charge in [0.15, 0.2) is 5.11 Å². The number of benzene rings is 1. The van der Waals surface area contributed by atoms with Crippen LogP contribution in [0.3, 0.4) is 0 Å². The van der Waals surface area contributed by atoms with E-state index in [1.807, 2.05) is 39.9 Å². The van der Waals surface area contributed by atoms with E-state index >= 15 is 0 Å².